The van der Waals surface area contributed by atoms with Crippen molar-refractivity contribution < 1.29 is 9.90 Å². The molecule has 86 valence electrons. The number of hydrogen-bond donors (Lipinski definition) is 3. The highest BCUT2D eigenvalue weighted by atomic mass is 16.4. The lowest BCUT2D eigenvalue weighted by Crippen LogP contribution is -2.23. The molecule has 0 aliphatic carbocycles. The minimum Gasteiger partial charge on any atom is -0.481 e. The smallest absolute Gasteiger partial charge is 0.311 e. The number of rotatable bonds is 5. The SMILES string of the molecule is NC(N)=NCCC(C(=O)O)c1ccccc1. The van der Waals surface area contributed by atoms with Crippen molar-refractivity contribution in [1.82, 2.24) is 0 Å². The van der Waals surface area contributed by atoms with Gasteiger partial charge in [-0.15, -0.1) is 0 Å². The lowest BCUT2D eigenvalue weighted by Gasteiger charge is -2.10. The second-order valence-electron chi connectivity index (χ2n) is 3.40. The van der Waals surface area contributed by atoms with Crippen LogP contribution in [0.15, 0.2) is 35.3 Å². The van der Waals surface area contributed by atoms with Crippen molar-refractivity contribution in [1.29, 1.82) is 0 Å². The van der Waals surface area contributed by atoms with E-state index in [9.17, 15) is 4.79 Å². The molecule has 5 N–H and O–H groups in total. The lowest BCUT2D eigenvalue weighted by molar-refractivity contribution is -0.138. The van der Waals surface area contributed by atoms with E-state index < -0.39 is 11.9 Å². The Hall–Kier alpha value is -2.04. The number of aliphatic imine (C=N–C) groups is 1. The highest BCUT2D eigenvalue weighted by Gasteiger charge is 2.18. The summed E-state index contributed by atoms with van der Waals surface area (Å²) < 4.78 is 0. The van der Waals surface area contributed by atoms with Crippen molar-refractivity contribution >= 4 is 11.9 Å². The zero-order valence-corrected chi connectivity index (χ0v) is 8.84. The number of benzene rings is 1. The summed E-state index contributed by atoms with van der Waals surface area (Å²) in [5.74, 6) is -1.45. The molecule has 1 unspecified atom stereocenters. The molecule has 0 aliphatic heterocycles. The minimum absolute atomic E-state index is 0.0165. The molecule has 16 heavy (non-hydrogen) atoms. The highest BCUT2D eigenvalue weighted by Crippen LogP contribution is 2.19. The van der Waals surface area contributed by atoms with Crippen LogP contribution in [0.3, 0.4) is 0 Å². The molecule has 0 amide bonds. The third kappa shape index (κ3) is 3.61. The van der Waals surface area contributed by atoms with Crippen LogP contribution < -0.4 is 11.5 Å². The lowest BCUT2D eigenvalue weighted by atomic mass is 9.96. The molecule has 0 fully saturated rings. The van der Waals surface area contributed by atoms with Crippen LogP contribution in [-0.2, 0) is 4.79 Å². The number of carboxylic acids is 1. The molecule has 0 aliphatic rings. The van der Waals surface area contributed by atoms with E-state index in [2.05, 4.69) is 4.99 Å². The first-order valence-electron chi connectivity index (χ1n) is 4.94. The highest BCUT2D eigenvalue weighted by molar-refractivity contribution is 5.77. The molecule has 0 spiro atoms. The van der Waals surface area contributed by atoms with Gasteiger partial charge in [-0.05, 0) is 12.0 Å². The third-order valence-electron chi connectivity index (χ3n) is 2.21. The van der Waals surface area contributed by atoms with Gasteiger partial charge in [-0.1, -0.05) is 30.3 Å². The Morgan fingerprint density at radius 1 is 1.31 bits per heavy atom. The molecule has 1 rings (SSSR count). The summed E-state index contributed by atoms with van der Waals surface area (Å²) in [6, 6.07) is 9.04. The Morgan fingerprint density at radius 3 is 2.44 bits per heavy atom. The molecule has 0 aromatic heterocycles. The van der Waals surface area contributed by atoms with Crippen LogP contribution >= 0.6 is 0 Å². The number of hydrogen-bond acceptors (Lipinski definition) is 2. The second kappa shape index (κ2) is 5.75. The fraction of sp³-hybridized carbons (Fsp3) is 0.273. The van der Waals surface area contributed by atoms with Gasteiger partial charge in [-0.2, -0.15) is 0 Å². The summed E-state index contributed by atoms with van der Waals surface area (Å²) in [6.45, 7) is 0.314. The quantitative estimate of drug-likeness (QED) is 0.498. The van der Waals surface area contributed by atoms with Gasteiger partial charge < -0.3 is 16.6 Å². The second-order valence-corrected chi connectivity index (χ2v) is 3.40. The van der Waals surface area contributed by atoms with Crippen molar-refractivity contribution in [3.8, 4) is 0 Å². The van der Waals surface area contributed by atoms with Gasteiger partial charge in [0.1, 0.15) is 0 Å². The number of guanidine groups is 1. The first kappa shape index (κ1) is 12.0. The van der Waals surface area contributed by atoms with Crippen LogP contribution in [0.2, 0.25) is 0 Å². The summed E-state index contributed by atoms with van der Waals surface area (Å²) in [6.07, 6.45) is 0.386. The first-order valence-corrected chi connectivity index (χ1v) is 4.94. The Balaban J connectivity index is 2.70. The number of nitrogens with zero attached hydrogens (tertiary/aromatic N) is 1. The fourth-order valence-corrected chi connectivity index (χ4v) is 1.44. The van der Waals surface area contributed by atoms with E-state index in [4.69, 9.17) is 16.6 Å². The molecule has 1 aromatic carbocycles. The van der Waals surface area contributed by atoms with Gasteiger partial charge in [-0.3, -0.25) is 9.79 Å². The Bertz CT molecular complexity index is 372. The molecule has 0 radical (unpaired) electrons. The molecule has 0 heterocycles. The minimum atomic E-state index is -0.864. The number of nitrogens with two attached hydrogens (primary N) is 2. The Kier molecular flexibility index (Phi) is 4.32. The number of aliphatic carboxylic acids is 1. The standard InChI is InChI=1S/C11H15N3O2/c12-11(13)14-7-6-9(10(15)16)8-4-2-1-3-5-8/h1-5,9H,6-7H2,(H,15,16)(H4,12,13,14). The van der Waals surface area contributed by atoms with Crippen LogP contribution in [0.1, 0.15) is 17.9 Å². The van der Waals surface area contributed by atoms with Crippen molar-refractivity contribution in [2.45, 2.75) is 12.3 Å². The van der Waals surface area contributed by atoms with Crippen LogP contribution in [0.25, 0.3) is 0 Å². The molecule has 5 nitrogen and oxygen atoms in total. The van der Waals surface area contributed by atoms with Gasteiger partial charge in [0.25, 0.3) is 0 Å². The van der Waals surface area contributed by atoms with Crippen LogP contribution in [0.4, 0.5) is 0 Å². The van der Waals surface area contributed by atoms with Gasteiger partial charge in [0.15, 0.2) is 5.96 Å². The van der Waals surface area contributed by atoms with Crippen molar-refractivity contribution in [3.05, 3.63) is 35.9 Å². The average molecular weight is 221 g/mol. The van der Waals surface area contributed by atoms with Gasteiger partial charge in [0.05, 0.1) is 5.92 Å². The summed E-state index contributed by atoms with van der Waals surface area (Å²) in [5.41, 5.74) is 11.1. The molecule has 0 saturated heterocycles. The molecule has 0 bridgehead atoms. The normalized spacial score (nSPS) is 11.8. The van der Waals surface area contributed by atoms with E-state index in [1.807, 2.05) is 18.2 Å². The van der Waals surface area contributed by atoms with Crippen LogP contribution in [0, 0.1) is 0 Å². The molecule has 0 saturated carbocycles. The summed E-state index contributed by atoms with van der Waals surface area (Å²) in [7, 11) is 0. The largest absolute Gasteiger partial charge is 0.481 e. The summed E-state index contributed by atoms with van der Waals surface area (Å²) >= 11 is 0. The first-order chi connectivity index (χ1) is 7.61. The molecular weight excluding hydrogens is 206 g/mol. The summed E-state index contributed by atoms with van der Waals surface area (Å²) in [5, 5.41) is 9.08. The maximum Gasteiger partial charge on any atom is 0.311 e. The van der Waals surface area contributed by atoms with Gasteiger partial charge in [0, 0.05) is 6.54 Å². The molecule has 1 atom stereocenters. The molecular formula is C11H15N3O2. The van der Waals surface area contributed by atoms with Gasteiger partial charge in [0.2, 0.25) is 0 Å². The van der Waals surface area contributed by atoms with Gasteiger partial charge in [-0.25, -0.2) is 0 Å². The predicted molar refractivity (Wildman–Crippen MR) is 62.1 cm³/mol. The Morgan fingerprint density at radius 2 is 1.94 bits per heavy atom. The molecule has 5 heteroatoms. The third-order valence-corrected chi connectivity index (χ3v) is 2.21. The Labute approximate surface area is 93.8 Å². The van der Waals surface area contributed by atoms with Gasteiger partial charge >= 0.3 is 5.97 Å². The van der Waals surface area contributed by atoms with Crippen LogP contribution in [0.5, 0.6) is 0 Å². The fourth-order valence-electron chi connectivity index (χ4n) is 1.44. The zero-order valence-electron chi connectivity index (χ0n) is 8.84. The van der Waals surface area contributed by atoms with Crippen molar-refractivity contribution in [2.75, 3.05) is 6.54 Å². The van der Waals surface area contributed by atoms with Crippen molar-refractivity contribution in [2.24, 2.45) is 16.5 Å². The molecule has 1 aromatic rings. The zero-order chi connectivity index (χ0) is 12.0. The monoisotopic (exact) mass is 221 g/mol. The van der Waals surface area contributed by atoms with E-state index in [1.54, 1.807) is 12.1 Å². The van der Waals surface area contributed by atoms with Crippen molar-refractivity contribution in [3.63, 3.8) is 0 Å². The maximum atomic E-state index is 11.1. The van der Waals surface area contributed by atoms with E-state index in [1.165, 1.54) is 0 Å². The van der Waals surface area contributed by atoms with E-state index in [0.717, 1.165) is 5.56 Å². The topological polar surface area (TPSA) is 102 Å². The van der Waals surface area contributed by atoms with E-state index in [0.29, 0.717) is 13.0 Å². The average Bonchev–Trinajstić information content (AvgIpc) is 2.25. The van der Waals surface area contributed by atoms with Crippen LogP contribution in [-0.4, -0.2) is 23.6 Å². The van der Waals surface area contributed by atoms with E-state index in [-0.39, 0.29) is 5.96 Å². The number of carbonyl (C=O) groups is 1. The number of carboxylic acid groups (broad SMARTS) is 1. The predicted octanol–water partition coefficient (Wildman–Crippen LogP) is 0.518. The maximum absolute atomic E-state index is 11.1. The van der Waals surface area contributed by atoms with E-state index >= 15 is 0 Å². The summed E-state index contributed by atoms with van der Waals surface area (Å²) in [4.78, 5) is 14.8.